The van der Waals surface area contributed by atoms with Gasteiger partial charge < -0.3 is 14.4 Å². The Morgan fingerprint density at radius 1 is 0.833 bits per heavy atom. The third-order valence-electron chi connectivity index (χ3n) is 7.37. The minimum absolute atomic E-state index is 0.179. The number of nitrogens with one attached hydrogen (secondary N) is 1. The van der Waals surface area contributed by atoms with E-state index in [2.05, 4.69) is 11.1 Å². The Morgan fingerprint density at radius 3 is 2.15 bits per heavy atom. The molecule has 1 heterocycles. The van der Waals surface area contributed by atoms with Crippen LogP contribution in [0.5, 0.6) is 17.2 Å². The van der Waals surface area contributed by atoms with Crippen molar-refractivity contribution in [2.45, 2.75) is 31.9 Å². The lowest BCUT2D eigenvalue weighted by Gasteiger charge is -2.28. The lowest BCUT2D eigenvalue weighted by Crippen LogP contribution is -2.30. The molecule has 0 unspecified atom stereocenters. The first-order chi connectivity index (χ1) is 23.0. The Labute approximate surface area is 277 Å². The molecule has 48 heavy (non-hydrogen) atoms. The third-order valence-corrected chi connectivity index (χ3v) is 8.47. The zero-order chi connectivity index (χ0) is 34.1. The first-order valence-electron chi connectivity index (χ1n) is 14.8. The van der Waals surface area contributed by atoms with E-state index in [0.29, 0.717) is 53.8 Å². The average Bonchev–Trinajstić information content (AvgIpc) is 3.07. The van der Waals surface area contributed by atoms with Gasteiger partial charge in [0.1, 0.15) is 17.2 Å². The number of nitrogens with zero attached hydrogens (tertiary/aromatic N) is 3. The molecule has 0 bridgehead atoms. The SMILES string of the molecule is Cc1c(NS(=O)(=O)C(F)(F)F)cccc1N(Cc1ccc(C#N)cc1)Cc1ccc(Oc2cccc(OCCc3cccnc3)c2)cc1. The summed E-state index contributed by atoms with van der Waals surface area (Å²) in [6.45, 7) is 2.70. The van der Waals surface area contributed by atoms with Gasteiger partial charge in [0, 0.05) is 43.7 Å². The number of nitriles is 1. The number of rotatable bonds is 13. The van der Waals surface area contributed by atoms with Gasteiger partial charge >= 0.3 is 15.5 Å². The summed E-state index contributed by atoms with van der Waals surface area (Å²) in [6.07, 6.45) is 4.25. The lowest BCUT2D eigenvalue weighted by atomic mass is 10.1. The number of ether oxygens (including phenoxy) is 2. The molecule has 0 aliphatic carbocycles. The van der Waals surface area contributed by atoms with Gasteiger partial charge in [-0.2, -0.15) is 26.9 Å². The van der Waals surface area contributed by atoms with Crippen LogP contribution in [0.3, 0.4) is 0 Å². The van der Waals surface area contributed by atoms with Gasteiger partial charge in [-0.1, -0.05) is 42.5 Å². The molecule has 12 heteroatoms. The summed E-state index contributed by atoms with van der Waals surface area (Å²) < 4.78 is 76.8. The molecule has 5 rings (SSSR count). The first kappa shape index (κ1) is 33.8. The van der Waals surface area contributed by atoms with Crippen LogP contribution in [-0.4, -0.2) is 25.5 Å². The quantitative estimate of drug-likeness (QED) is 0.135. The molecule has 0 spiro atoms. The highest BCUT2D eigenvalue weighted by Gasteiger charge is 2.46. The Hall–Kier alpha value is -5.54. The third kappa shape index (κ3) is 8.83. The molecule has 5 aromatic rings. The minimum Gasteiger partial charge on any atom is -0.493 e. The van der Waals surface area contributed by atoms with Gasteiger partial charge in [0.05, 0.1) is 23.9 Å². The Bertz CT molecular complexity index is 1980. The number of hydrogen-bond acceptors (Lipinski definition) is 7. The van der Waals surface area contributed by atoms with Crippen molar-refractivity contribution in [2.75, 3.05) is 16.2 Å². The van der Waals surface area contributed by atoms with Crippen LogP contribution >= 0.6 is 0 Å². The van der Waals surface area contributed by atoms with Crippen LogP contribution in [0.25, 0.3) is 0 Å². The second-order valence-corrected chi connectivity index (χ2v) is 12.5. The average molecular weight is 673 g/mol. The van der Waals surface area contributed by atoms with Crippen molar-refractivity contribution >= 4 is 21.4 Å². The normalized spacial score (nSPS) is 11.4. The van der Waals surface area contributed by atoms with Gasteiger partial charge in [0.25, 0.3) is 0 Å². The Morgan fingerprint density at radius 2 is 1.50 bits per heavy atom. The van der Waals surface area contributed by atoms with Crippen molar-refractivity contribution in [2.24, 2.45) is 0 Å². The van der Waals surface area contributed by atoms with Gasteiger partial charge in [-0.3, -0.25) is 9.71 Å². The molecular formula is C36H31F3N4O4S. The van der Waals surface area contributed by atoms with Crippen molar-refractivity contribution in [3.05, 3.63) is 143 Å². The second-order valence-electron chi connectivity index (χ2n) is 10.8. The fourth-order valence-electron chi connectivity index (χ4n) is 4.89. The maximum atomic E-state index is 13.1. The summed E-state index contributed by atoms with van der Waals surface area (Å²) in [5.74, 6) is 1.85. The van der Waals surface area contributed by atoms with Crippen LogP contribution in [0.1, 0.15) is 27.8 Å². The molecule has 0 radical (unpaired) electrons. The fourth-order valence-corrected chi connectivity index (χ4v) is 5.52. The smallest absolute Gasteiger partial charge is 0.493 e. The number of halogens is 3. The molecule has 0 aliphatic rings. The predicted octanol–water partition coefficient (Wildman–Crippen LogP) is 8.14. The molecule has 1 aromatic heterocycles. The molecule has 0 atom stereocenters. The van der Waals surface area contributed by atoms with Crippen molar-refractivity contribution < 1.29 is 31.1 Å². The zero-order valence-electron chi connectivity index (χ0n) is 25.8. The summed E-state index contributed by atoms with van der Waals surface area (Å²) in [6, 6.07) is 32.1. The van der Waals surface area contributed by atoms with E-state index >= 15 is 0 Å². The molecule has 4 aromatic carbocycles. The van der Waals surface area contributed by atoms with Crippen LogP contribution in [0, 0.1) is 18.3 Å². The highest BCUT2D eigenvalue weighted by atomic mass is 32.2. The van der Waals surface area contributed by atoms with E-state index in [0.717, 1.165) is 23.1 Å². The topological polar surface area (TPSA) is 105 Å². The maximum Gasteiger partial charge on any atom is 0.516 e. The predicted molar refractivity (Wildman–Crippen MR) is 177 cm³/mol. The number of hydrogen-bond donors (Lipinski definition) is 1. The highest BCUT2D eigenvalue weighted by Crippen LogP contribution is 2.33. The van der Waals surface area contributed by atoms with Crippen molar-refractivity contribution in [3.63, 3.8) is 0 Å². The number of benzene rings is 4. The Balaban J connectivity index is 1.32. The van der Waals surface area contributed by atoms with Gasteiger partial charge in [-0.15, -0.1) is 0 Å². The summed E-state index contributed by atoms with van der Waals surface area (Å²) in [4.78, 5) is 6.04. The van der Waals surface area contributed by atoms with Crippen LogP contribution in [0.4, 0.5) is 24.5 Å². The number of pyridine rings is 1. The van der Waals surface area contributed by atoms with E-state index in [1.807, 2.05) is 59.5 Å². The molecular weight excluding hydrogens is 641 g/mol. The number of anilines is 2. The van der Waals surface area contributed by atoms with E-state index in [1.54, 1.807) is 60.4 Å². The van der Waals surface area contributed by atoms with E-state index in [1.165, 1.54) is 12.1 Å². The summed E-state index contributed by atoms with van der Waals surface area (Å²) in [5, 5.41) is 9.19. The van der Waals surface area contributed by atoms with E-state index in [-0.39, 0.29) is 5.69 Å². The van der Waals surface area contributed by atoms with Crippen molar-refractivity contribution in [3.8, 4) is 23.3 Å². The van der Waals surface area contributed by atoms with Gasteiger partial charge in [-0.25, -0.2) is 0 Å². The molecule has 0 aliphatic heterocycles. The molecule has 0 amide bonds. The number of aromatic nitrogens is 1. The van der Waals surface area contributed by atoms with Gasteiger partial charge in [0.2, 0.25) is 0 Å². The van der Waals surface area contributed by atoms with E-state index in [4.69, 9.17) is 9.47 Å². The standard InChI is InChI=1S/C36H31F3N4O4S/c1-26-34(42-48(44,45)36(37,38)39)8-3-9-35(26)43(24-29-12-10-27(22-40)11-13-29)25-30-14-16-31(17-15-30)47-33-7-2-6-32(21-33)46-20-18-28-5-4-19-41-23-28/h2-17,19,21,23,42H,18,20,24-25H2,1H3. The van der Waals surface area contributed by atoms with E-state index in [9.17, 15) is 26.9 Å². The van der Waals surface area contributed by atoms with Crippen LogP contribution < -0.4 is 19.1 Å². The number of alkyl halides is 3. The first-order valence-corrected chi connectivity index (χ1v) is 16.3. The monoisotopic (exact) mass is 672 g/mol. The molecule has 0 fully saturated rings. The van der Waals surface area contributed by atoms with Gasteiger partial charge in [0.15, 0.2) is 0 Å². The summed E-state index contributed by atoms with van der Waals surface area (Å²) >= 11 is 0. The molecule has 246 valence electrons. The second kappa shape index (κ2) is 14.9. The lowest BCUT2D eigenvalue weighted by molar-refractivity contribution is -0.0429. The largest absolute Gasteiger partial charge is 0.516 e. The van der Waals surface area contributed by atoms with Gasteiger partial charge in [-0.05, 0) is 83.8 Å². The van der Waals surface area contributed by atoms with Crippen LogP contribution in [-0.2, 0) is 29.5 Å². The maximum absolute atomic E-state index is 13.1. The van der Waals surface area contributed by atoms with Crippen LogP contribution in [0.15, 0.2) is 116 Å². The van der Waals surface area contributed by atoms with Crippen molar-refractivity contribution in [1.82, 2.24) is 4.98 Å². The van der Waals surface area contributed by atoms with E-state index < -0.39 is 15.5 Å². The number of sulfonamides is 1. The molecule has 0 saturated carbocycles. The van der Waals surface area contributed by atoms with Crippen LogP contribution in [0.2, 0.25) is 0 Å². The molecule has 0 saturated heterocycles. The molecule has 1 N–H and O–H groups in total. The highest BCUT2D eigenvalue weighted by molar-refractivity contribution is 7.93. The zero-order valence-corrected chi connectivity index (χ0v) is 26.6. The minimum atomic E-state index is -5.61. The molecule has 8 nitrogen and oxygen atoms in total. The summed E-state index contributed by atoms with van der Waals surface area (Å²) in [5.41, 5.74) is -1.51. The Kier molecular flexibility index (Phi) is 10.5. The van der Waals surface area contributed by atoms with Crippen molar-refractivity contribution in [1.29, 1.82) is 5.26 Å². The summed E-state index contributed by atoms with van der Waals surface area (Å²) in [7, 11) is -5.61. The fraction of sp³-hybridized carbons (Fsp3) is 0.167.